The van der Waals surface area contributed by atoms with Crippen molar-refractivity contribution in [3.05, 3.63) is 69.5 Å². The predicted molar refractivity (Wildman–Crippen MR) is 103 cm³/mol. The maximum Gasteiger partial charge on any atom is 0.253 e. The van der Waals surface area contributed by atoms with Gasteiger partial charge < -0.3 is 10.2 Å². The molecule has 1 heterocycles. The van der Waals surface area contributed by atoms with Crippen molar-refractivity contribution in [3.8, 4) is 0 Å². The van der Waals surface area contributed by atoms with Gasteiger partial charge in [-0.3, -0.25) is 4.79 Å². The number of benzene rings is 2. The summed E-state index contributed by atoms with van der Waals surface area (Å²) < 4.78 is 13.2. The summed E-state index contributed by atoms with van der Waals surface area (Å²) in [6.07, 6.45) is 1.90. The van der Waals surface area contributed by atoms with E-state index in [0.717, 1.165) is 38.0 Å². The first-order valence-corrected chi connectivity index (χ1v) is 9.48. The van der Waals surface area contributed by atoms with Crippen molar-refractivity contribution in [1.29, 1.82) is 0 Å². The number of hydrogen-bond acceptors (Lipinski definition) is 2. The van der Waals surface area contributed by atoms with Gasteiger partial charge in [0.15, 0.2) is 0 Å². The van der Waals surface area contributed by atoms with Gasteiger partial charge in [-0.2, -0.15) is 0 Å². The second-order valence-electron chi connectivity index (χ2n) is 6.63. The molecule has 0 bridgehead atoms. The van der Waals surface area contributed by atoms with E-state index in [1.54, 1.807) is 30.3 Å². The Hall–Kier alpha value is -1.62. The highest BCUT2D eigenvalue weighted by Gasteiger charge is 2.23. The molecule has 1 saturated heterocycles. The van der Waals surface area contributed by atoms with E-state index in [-0.39, 0.29) is 11.7 Å². The SMILES string of the molecule is O=C(c1ccc(Cl)c(Cl)c1)N1CCC(CNCc2cccc(F)c2)CC1. The molecule has 2 aromatic carbocycles. The van der Waals surface area contributed by atoms with Gasteiger partial charge in [0.25, 0.3) is 5.91 Å². The van der Waals surface area contributed by atoms with Crippen LogP contribution in [0.3, 0.4) is 0 Å². The van der Waals surface area contributed by atoms with Gasteiger partial charge in [-0.1, -0.05) is 35.3 Å². The number of hydrogen-bond donors (Lipinski definition) is 1. The van der Waals surface area contributed by atoms with Crippen molar-refractivity contribution in [2.45, 2.75) is 19.4 Å². The van der Waals surface area contributed by atoms with E-state index in [9.17, 15) is 9.18 Å². The number of nitrogens with one attached hydrogen (secondary N) is 1. The minimum Gasteiger partial charge on any atom is -0.339 e. The molecule has 26 heavy (non-hydrogen) atoms. The molecule has 6 heteroatoms. The summed E-state index contributed by atoms with van der Waals surface area (Å²) in [5.41, 5.74) is 1.51. The number of amides is 1. The van der Waals surface area contributed by atoms with Crippen molar-refractivity contribution in [2.24, 2.45) is 5.92 Å². The third-order valence-electron chi connectivity index (χ3n) is 4.72. The molecular formula is C20H21Cl2FN2O. The fourth-order valence-corrected chi connectivity index (χ4v) is 3.52. The van der Waals surface area contributed by atoms with Crippen molar-refractivity contribution in [2.75, 3.05) is 19.6 Å². The average molecular weight is 395 g/mol. The lowest BCUT2D eigenvalue weighted by molar-refractivity contribution is 0.0690. The van der Waals surface area contributed by atoms with Crippen LogP contribution in [0.4, 0.5) is 4.39 Å². The summed E-state index contributed by atoms with van der Waals surface area (Å²) in [6, 6.07) is 11.6. The molecule has 1 aliphatic rings. The molecule has 0 radical (unpaired) electrons. The molecule has 0 aliphatic carbocycles. The number of rotatable bonds is 5. The van der Waals surface area contributed by atoms with Crippen molar-refractivity contribution < 1.29 is 9.18 Å². The highest BCUT2D eigenvalue weighted by atomic mass is 35.5. The van der Waals surface area contributed by atoms with Gasteiger partial charge in [0.05, 0.1) is 10.0 Å². The van der Waals surface area contributed by atoms with Crippen molar-refractivity contribution in [3.63, 3.8) is 0 Å². The summed E-state index contributed by atoms with van der Waals surface area (Å²) in [6.45, 7) is 2.97. The Morgan fingerprint density at radius 1 is 1.12 bits per heavy atom. The summed E-state index contributed by atoms with van der Waals surface area (Å²) in [4.78, 5) is 14.4. The lowest BCUT2D eigenvalue weighted by atomic mass is 9.96. The summed E-state index contributed by atoms with van der Waals surface area (Å²) in [5.74, 6) is 0.301. The number of halogens is 3. The first-order chi connectivity index (χ1) is 12.5. The van der Waals surface area contributed by atoms with Crippen LogP contribution in [0.2, 0.25) is 10.0 Å². The van der Waals surface area contributed by atoms with Gasteiger partial charge in [-0.05, 0) is 61.2 Å². The van der Waals surface area contributed by atoms with Crippen molar-refractivity contribution >= 4 is 29.1 Å². The quantitative estimate of drug-likeness (QED) is 0.791. The second-order valence-corrected chi connectivity index (χ2v) is 7.44. The molecule has 0 aromatic heterocycles. The zero-order valence-electron chi connectivity index (χ0n) is 14.4. The fraction of sp³-hybridized carbons (Fsp3) is 0.350. The van der Waals surface area contributed by atoms with E-state index in [0.29, 0.717) is 28.1 Å². The van der Waals surface area contributed by atoms with Gasteiger partial charge in [-0.25, -0.2) is 4.39 Å². The molecule has 0 saturated carbocycles. The van der Waals surface area contributed by atoms with Gasteiger partial charge in [0.2, 0.25) is 0 Å². The monoisotopic (exact) mass is 394 g/mol. The highest BCUT2D eigenvalue weighted by molar-refractivity contribution is 6.42. The minimum atomic E-state index is -0.210. The summed E-state index contributed by atoms with van der Waals surface area (Å²) in [7, 11) is 0. The van der Waals surface area contributed by atoms with Crippen LogP contribution in [0.15, 0.2) is 42.5 Å². The van der Waals surface area contributed by atoms with Crippen LogP contribution in [0.1, 0.15) is 28.8 Å². The molecular weight excluding hydrogens is 374 g/mol. The molecule has 0 spiro atoms. The first-order valence-electron chi connectivity index (χ1n) is 8.72. The Balaban J connectivity index is 1.45. The smallest absolute Gasteiger partial charge is 0.253 e. The minimum absolute atomic E-state index is 0.00487. The van der Waals surface area contributed by atoms with Gasteiger partial charge in [0, 0.05) is 25.2 Å². The number of carbonyl (C=O) groups is 1. The first kappa shape index (κ1) is 19.2. The van der Waals surface area contributed by atoms with Crippen LogP contribution in [-0.2, 0) is 6.54 Å². The van der Waals surface area contributed by atoms with Crippen molar-refractivity contribution in [1.82, 2.24) is 10.2 Å². The van der Waals surface area contributed by atoms with E-state index < -0.39 is 0 Å². The Morgan fingerprint density at radius 3 is 2.58 bits per heavy atom. The molecule has 1 N–H and O–H groups in total. The molecule has 0 atom stereocenters. The molecule has 1 amide bonds. The molecule has 138 valence electrons. The summed E-state index contributed by atoms with van der Waals surface area (Å²) in [5, 5.41) is 4.23. The maximum absolute atomic E-state index is 13.2. The lowest BCUT2D eigenvalue weighted by Gasteiger charge is -2.32. The van der Waals surface area contributed by atoms with Gasteiger partial charge in [-0.15, -0.1) is 0 Å². The zero-order valence-corrected chi connectivity index (χ0v) is 15.9. The Morgan fingerprint density at radius 2 is 1.88 bits per heavy atom. The Kier molecular flexibility index (Phi) is 6.52. The fourth-order valence-electron chi connectivity index (χ4n) is 3.22. The topological polar surface area (TPSA) is 32.3 Å². The molecule has 1 aliphatic heterocycles. The van der Waals surface area contributed by atoms with Gasteiger partial charge >= 0.3 is 0 Å². The predicted octanol–water partition coefficient (Wildman–Crippen LogP) is 4.77. The zero-order chi connectivity index (χ0) is 18.5. The third-order valence-corrected chi connectivity index (χ3v) is 5.46. The van der Waals surface area contributed by atoms with E-state index in [1.165, 1.54) is 6.07 Å². The number of carbonyl (C=O) groups excluding carboxylic acids is 1. The second kappa shape index (κ2) is 8.85. The number of likely N-dealkylation sites (tertiary alicyclic amines) is 1. The summed E-state index contributed by atoms with van der Waals surface area (Å²) >= 11 is 11.9. The van der Waals surface area contributed by atoms with Crippen LogP contribution in [0, 0.1) is 11.7 Å². The third kappa shape index (κ3) is 4.97. The van der Waals surface area contributed by atoms with E-state index in [1.807, 2.05) is 11.0 Å². The van der Waals surface area contributed by atoms with E-state index in [2.05, 4.69) is 5.32 Å². The normalized spacial score (nSPS) is 15.3. The molecule has 3 nitrogen and oxygen atoms in total. The average Bonchev–Trinajstić information content (AvgIpc) is 2.64. The van der Waals surface area contributed by atoms with E-state index in [4.69, 9.17) is 23.2 Å². The standard InChI is InChI=1S/C20H21Cl2FN2O/c21-18-5-4-16(11-19(18)22)20(26)25-8-6-14(7-9-25)12-24-13-15-2-1-3-17(23)10-15/h1-5,10-11,14,24H,6-9,12-13H2. The molecule has 1 fully saturated rings. The largest absolute Gasteiger partial charge is 0.339 e. The highest BCUT2D eigenvalue weighted by Crippen LogP contribution is 2.24. The van der Waals surface area contributed by atoms with Crippen LogP contribution < -0.4 is 5.32 Å². The Labute approximate surface area is 163 Å². The Bertz CT molecular complexity index is 776. The maximum atomic E-state index is 13.2. The van der Waals surface area contributed by atoms with Crippen LogP contribution in [0.5, 0.6) is 0 Å². The van der Waals surface area contributed by atoms with Crippen LogP contribution in [0.25, 0.3) is 0 Å². The van der Waals surface area contributed by atoms with Crippen LogP contribution >= 0.6 is 23.2 Å². The molecule has 0 unspecified atom stereocenters. The number of piperidine rings is 1. The van der Waals surface area contributed by atoms with E-state index >= 15 is 0 Å². The molecule has 3 rings (SSSR count). The molecule has 2 aromatic rings. The lowest BCUT2D eigenvalue weighted by Crippen LogP contribution is -2.40. The van der Waals surface area contributed by atoms with Crippen LogP contribution in [-0.4, -0.2) is 30.4 Å². The van der Waals surface area contributed by atoms with Gasteiger partial charge in [0.1, 0.15) is 5.82 Å². The number of nitrogens with zero attached hydrogens (tertiary/aromatic N) is 1.